The summed E-state index contributed by atoms with van der Waals surface area (Å²) in [5.41, 5.74) is 0.721. The summed E-state index contributed by atoms with van der Waals surface area (Å²) in [6.45, 7) is 0.484. The molecule has 3 aromatic carbocycles. The fraction of sp³-hybridized carbons (Fsp3) is 0.286. The molecule has 11 heteroatoms. The molecule has 1 fully saturated rings. The number of para-hydroxylation sites is 1. The van der Waals surface area contributed by atoms with Gasteiger partial charge in [0.2, 0.25) is 5.91 Å². The third kappa shape index (κ3) is 6.68. The standard InChI is InChI=1S/C28H31N3O7S/c1-36-25-15-14-20(17-26(25)37-2)31(39(34,35)22-10-4-3-5-11-22)19-27(32)30-24-13-7-6-12-23(24)28(33)29-18-21-9-8-16-38-21/h3-7,10-15,17,21H,8-9,16,18-19H2,1-2H3,(H,29,33)(H,30,32)/t21-/m0/s1. The lowest BCUT2D eigenvalue weighted by Crippen LogP contribution is -2.38. The number of nitrogens with zero attached hydrogens (tertiary/aromatic N) is 1. The molecule has 1 aliphatic rings. The molecule has 3 aromatic rings. The molecule has 39 heavy (non-hydrogen) atoms. The van der Waals surface area contributed by atoms with Crippen LogP contribution in [0.1, 0.15) is 23.2 Å². The molecule has 1 saturated heterocycles. The molecule has 0 radical (unpaired) electrons. The van der Waals surface area contributed by atoms with E-state index in [9.17, 15) is 18.0 Å². The van der Waals surface area contributed by atoms with Gasteiger partial charge in [-0.25, -0.2) is 8.42 Å². The summed E-state index contributed by atoms with van der Waals surface area (Å²) in [6, 6.07) is 18.9. The van der Waals surface area contributed by atoms with Crippen LogP contribution in [0.2, 0.25) is 0 Å². The predicted molar refractivity (Wildman–Crippen MR) is 147 cm³/mol. The van der Waals surface area contributed by atoms with E-state index in [2.05, 4.69) is 10.6 Å². The highest BCUT2D eigenvalue weighted by Gasteiger charge is 2.28. The van der Waals surface area contributed by atoms with Gasteiger partial charge in [0, 0.05) is 19.2 Å². The molecule has 2 N–H and O–H groups in total. The van der Waals surface area contributed by atoms with E-state index in [1.165, 1.54) is 38.5 Å². The Morgan fingerprint density at radius 2 is 1.69 bits per heavy atom. The minimum absolute atomic E-state index is 0.0153. The largest absolute Gasteiger partial charge is 0.493 e. The minimum atomic E-state index is -4.15. The average Bonchev–Trinajstić information content (AvgIpc) is 3.49. The van der Waals surface area contributed by atoms with Crippen LogP contribution < -0.4 is 24.4 Å². The first-order valence-electron chi connectivity index (χ1n) is 12.4. The zero-order valence-electron chi connectivity index (χ0n) is 21.8. The van der Waals surface area contributed by atoms with Crippen LogP contribution in [0.25, 0.3) is 0 Å². The van der Waals surface area contributed by atoms with E-state index in [1.807, 2.05) is 0 Å². The molecule has 0 spiro atoms. The molecule has 4 rings (SSSR count). The highest BCUT2D eigenvalue weighted by atomic mass is 32.2. The summed E-state index contributed by atoms with van der Waals surface area (Å²) in [4.78, 5) is 26.2. The average molecular weight is 554 g/mol. The van der Waals surface area contributed by atoms with Gasteiger partial charge in [-0.1, -0.05) is 30.3 Å². The first-order valence-corrected chi connectivity index (χ1v) is 13.9. The molecule has 206 valence electrons. The van der Waals surface area contributed by atoms with Crippen molar-refractivity contribution in [3.8, 4) is 11.5 Å². The SMILES string of the molecule is COc1ccc(N(CC(=O)Nc2ccccc2C(=O)NC[C@@H]2CCCO2)S(=O)(=O)c2ccccc2)cc1OC. The number of ether oxygens (including phenoxy) is 3. The Labute approximate surface area is 227 Å². The number of benzene rings is 3. The predicted octanol–water partition coefficient (Wildman–Crippen LogP) is 3.45. The van der Waals surface area contributed by atoms with Gasteiger partial charge in [0.15, 0.2) is 11.5 Å². The number of anilines is 2. The Hall–Kier alpha value is -4.09. The molecule has 0 saturated carbocycles. The number of hydrogen-bond acceptors (Lipinski definition) is 7. The molecule has 1 heterocycles. The van der Waals surface area contributed by atoms with Crippen molar-refractivity contribution in [3.63, 3.8) is 0 Å². The fourth-order valence-corrected chi connectivity index (χ4v) is 5.67. The fourth-order valence-electron chi connectivity index (χ4n) is 4.23. The van der Waals surface area contributed by atoms with Crippen LogP contribution >= 0.6 is 0 Å². The van der Waals surface area contributed by atoms with Crippen molar-refractivity contribution >= 4 is 33.2 Å². The van der Waals surface area contributed by atoms with Gasteiger partial charge < -0.3 is 24.8 Å². The van der Waals surface area contributed by atoms with Crippen molar-refractivity contribution in [2.45, 2.75) is 23.8 Å². The number of nitrogens with one attached hydrogen (secondary N) is 2. The van der Waals surface area contributed by atoms with Gasteiger partial charge in [0.25, 0.3) is 15.9 Å². The Bertz CT molecular complexity index is 1410. The second-order valence-electron chi connectivity index (χ2n) is 8.80. The quantitative estimate of drug-likeness (QED) is 0.373. The van der Waals surface area contributed by atoms with Crippen molar-refractivity contribution in [2.75, 3.05) is 43.5 Å². The lowest BCUT2D eigenvalue weighted by Gasteiger charge is -2.25. The Morgan fingerprint density at radius 3 is 2.38 bits per heavy atom. The molecule has 1 aliphatic heterocycles. The number of hydrogen-bond donors (Lipinski definition) is 2. The monoisotopic (exact) mass is 553 g/mol. The molecular formula is C28H31N3O7S. The molecule has 0 bridgehead atoms. The maximum absolute atomic E-state index is 13.7. The van der Waals surface area contributed by atoms with E-state index in [4.69, 9.17) is 14.2 Å². The second kappa shape index (κ2) is 12.6. The number of carbonyl (C=O) groups is 2. The van der Waals surface area contributed by atoms with Crippen molar-refractivity contribution in [2.24, 2.45) is 0 Å². The van der Waals surface area contributed by atoms with Crippen molar-refractivity contribution < 1.29 is 32.2 Å². The summed E-state index contributed by atoms with van der Waals surface area (Å²) < 4.78 is 44.5. The number of carbonyl (C=O) groups excluding carboxylic acids is 2. The Kier molecular flexibility index (Phi) is 9.05. The Morgan fingerprint density at radius 1 is 0.974 bits per heavy atom. The van der Waals surface area contributed by atoms with Crippen LogP contribution in [-0.4, -0.2) is 60.3 Å². The van der Waals surface area contributed by atoms with Gasteiger partial charge in [-0.3, -0.25) is 13.9 Å². The molecule has 10 nitrogen and oxygen atoms in total. The van der Waals surface area contributed by atoms with Gasteiger partial charge in [-0.15, -0.1) is 0 Å². The van der Waals surface area contributed by atoms with Gasteiger partial charge >= 0.3 is 0 Å². The van der Waals surface area contributed by atoms with E-state index in [0.717, 1.165) is 17.1 Å². The first kappa shape index (κ1) is 27.9. The lowest BCUT2D eigenvalue weighted by atomic mass is 10.1. The van der Waals surface area contributed by atoms with Crippen LogP contribution in [0, 0.1) is 0 Å². The molecule has 2 amide bonds. The van der Waals surface area contributed by atoms with Crippen LogP contribution in [0.3, 0.4) is 0 Å². The van der Waals surface area contributed by atoms with Crippen molar-refractivity contribution in [1.29, 1.82) is 0 Å². The topological polar surface area (TPSA) is 123 Å². The lowest BCUT2D eigenvalue weighted by molar-refractivity contribution is -0.114. The van der Waals surface area contributed by atoms with Crippen LogP contribution in [0.15, 0.2) is 77.7 Å². The van der Waals surface area contributed by atoms with E-state index in [0.29, 0.717) is 24.7 Å². The second-order valence-corrected chi connectivity index (χ2v) is 10.7. The van der Waals surface area contributed by atoms with E-state index >= 15 is 0 Å². The van der Waals surface area contributed by atoms with Crippen LogP contribution in [0.5, 0.6) is 11.5 Å². The van der Waals surface area contributed by atoms with Crippen LogP contribution in [-0.2, 0) is 19.6 Å². The Balaban J connectivity index is 1.59. The summed E-state index contributed by atoms with van der Waals surface area (Å²) in [6.07, 6.45) is 1.80. The molecule has 0 aromatic heterocycles. The molecule has 0 unspecified atom stereocenters. The zero-order chi connectivity index (χ0) is 27.8. The van der Waals surface area contributed by atoms with Gasteiger partial charge in [0.1, 0.15) is 6.54 Å². The summed E-state index contributed by atoms with van der Waals surface area (Å²) >= 11 is 0. The maximum atomic E-state index is 13.7. The highest BCUT2D eigenvalue weighted by molar-refractivity contribution is 7.92. The first-order chi connectivity index (χ1) is 18.8. The smallest absolute Gasteiger partial charge is 0.264 e. The number of rotatable bonds is 11. The molecule has 1 atom stereocenters. The third-order valence-corrected chi connectivity index (χ3v) is 8.02. The summed E-state index contributed by atoms with van der Waals surface area (Å²) in [7, 11) is -1.24. The van der Waals surface area contributed by atoms with Gasteiger partial charge in [-0.2, -0.15) is 0 Å². The minimum Gasteiger partial charge on any atom is -0.493 e. The van der Waals surface area contributed by atoms with Gasteiger partial charge in [-0.05, 0) is 49.2 Å². The number of methoxy groups -OCH3 is 2. The number of sulfonamides is 1. The third-order valence-electron chi connectivity index (χ3n) is 6.23. The highest BCUT2D eigenvalue weighted by Crippen LogP contribution is 2.34. The van der Waals surface area contributed by atoms with E-state index in [-0.39, 0.29) is 33.8 Å². The van der Waals surface area contributed by atoms with Gasteiger partial charge in [0.05, 0.1) is 42.2 Å². The molecule has 0 aliphatic carbocycles. The van der Waals surface area contributed by atoms with Crippen molar-refractivity contribution in [1.82, 2.24) is 5.32 Å². The molecular weight excluding hydrogens is 522 g/mol. The van der Waals surface area contributed by atoms with E-state index in [1.54, 1.807) is 48.5 Å². The summed E-state index contributed by atoms with van der Waals surface area (Å²) in [5, 5.41) is 5.54. The maximum Gasteiger partial charge on any atom is 0.264 e. The number of amides is 2. The normalized spacial score (nSPS) is 14.9. The summed E-state index contributed by atoms with van der Waals surface area (Å²) in [5.74, 6) is -0.290. The zero-order valence-corrected chi connectivity index (χ0v) is 22.6. The van der Waals surface area contributed by atoms with Crippen LogP contribution in [0.4, 0.5) is 11.4 Å². The van der Waals surface area contributed by atoms with E-state index < -0.39 is 22.5 Å². The van der Waals surface area contributed by atoms with Crippen molar-refractivity contribution in [3.05, 3.63) is 78.4 Å².